The van der Waals surface area contributed by atoms with Crippen molar-refractivity contribution in [1.29, 1.82) is 0 Å². The van der Waals surface area contributed by atoms with E-state index in [1.54, 1.807) is 24.3 Å². The standard InChI is InChI=1S/C18H21FN2O4/c19-17-4-2-1-3-14(17)11-24-12-16-7-15(21-25-16)8-18(22)20-9-13-5-6-23-10-13/h1-4,7,13H,5-6,8-12H2,(H,20,22). The van der Waals surface area contributed by atoms with Gasteiger partial charge in [0.15, 0.2) is 5.76 Å². The van der Waals surface area contributed by atoms with Gasteiger partial charge in [-0.1, -0.05) is 23.4 Å². The second kappa shape index (κ2) is 8.73. The molecule has 1 saturated heterocycles. The number of nitrogens with one attached hydrogen (secondary N) is 1. The fourth-order valence-corrected chi connectivity index (χ4v) is 2.61. The first-order valence-corrected chi connectivity index (χ1v) is 8.31. The van der Waals surface area contributed by atoms with Gasteiger partial charge in [0.05, 0.1) is 25.3 Å². The van der Waals surface area contributed by atoms with Gasteiger partial charge in [-0.2, -0.15) is 0 Å². The van der Waals surface area contributed by atoms with E-state index in [0.29, 0.717) is 36.1 Å². The average Bonchev–Trinajstić information content (AvgIpc) is 3.27. The van der Waals surface area contributed by atoms with Crippen molar-refractivity contribution in [3.63, 3.8) is 0 Å². The Balaban J connectivity index is 1.39. The number of carbonyl (C=O) groups excluding carboxylic acids is 1. The lowest BCUT2D eigenvalue weighted by atomic mass is 10.1. The van der Waals surface area contributed by atoms with Crippen LogP contribution < -0.4 is 5.32 Å². The minimum absolute atomic E-state index is 0.0981. The number of carbonyl (C=O) groups is 1. The van der Waals surface area contributed by atoms with E-state index in [4.69, 9.17) is 14.0 Å². The number of nitrogens with zero attached hydrogens (tertiary/aromatic N) is 1. The smallest absolute Gasteiger partial charge is 0.226 e. The summed E-state index contributed by atoms with van der Waals surface area (Å²) < 4.78 is 29.3. The second-order valence-corrected chi connectivity index (χ2v) is 6.08. The van der Waals surface area contributed by atoms with Crippen molar-refractivity contribution in [2.45, 2.75) is 26.1 Å². The molecule has 1 aliphatic rings. The molecule has 1 aromatic carbocycles. The Morgan fingerprint density at radius 1 is 1.36 bits per heavy atom. The molecular weight excluding hydrogens is 327 g/mol. The van der Waals surface area contributed by atoms with Gasteiger partial charge < -0.3 is 19.3 Å². The minimum Gasteiger partial charge on any atom is -0.381 e. The fourth-order valence-electron chi connectivity index (χ4n) is 2.61. The van der Waals surface area contributed by atoms with Crippen LogP contribution in [-0.4, -0.2) is 30.8 Å². The molecular formula is C18H21FN2O4. The normalized spacial score (nSPS) is 16.9. The molecule has 1 N–H and O–H groups in total. The summed E-state index contributed by atoms with van der Waals surface area (Å²) in [4.78, 5) is 11.9. The van der Waals surface area contributed by atoms with E-state index >= 15 is 0 Å². The van der Waals surface area contributed by atoms with Crippen LogP contribution in [0.3, 0.4) is 0 Å². The molecule has 1 amide bonds. The van der Waals surface area contributed by atoms with E-state index in [-0.39, 0.29) is 31.4 Å². The van der Waals surface area contributed by atoms with Crippen molar-refractivity contribution < 1.29 is 23.2 Å². The van der Waals surface area contributed by atoms with E-state index in [0.717, 1.165) is 13.0 Å². The number of hydrogen-bond donors (Lipinski definition) is 1. The predicted molar refractivity (Wildman–Crippen MR) is 87.0 cm³/mol. The quantitative estimate of drug-likeness (QED) is 0.792. The average molecular weight is 348 g/mol. The summed E-state index contributed by atoms with van der Waals surface area (Å²) >= 11 is 0. The Kier molecular flexibility index (Phi) is 6.14. The van der Waals surface area contributed by atoms with E-state index in [9.17, 15) is 9.18 Å². The Morgan fingerprint density at radius 3 is 3.04 bits per heavy atom. The van der Waals surface area contributed by atoms with Gasteiger partial charge in [0.2, 0.25) is 5.91 Å². The van der Waals surface area contributed by atoms with Crippen LogP contribution >= 0.6 is 0 Å². The van der Waals surface area contributed by atoms with Crippen LogP contribution in [0.25, 0.3) is 0 Å². The zero-order valence-corrected chi connectivity index (χ0v) is 13.9. The molecule has 0 spiro atoms. The zero-order valence-electron chi connectivity index (χ0n) is 13.9. The number of ether oxygens (including phenoxy) is 2. The lowest BCUT2D eigenvalue weighted by molar-refractivity contribution is -0.120. The number of hydrogen-bond acceptors (Lipinski definition) is 5. The first-order valence-electron chi connectivity index (χ1n) is 8.31. The summed E-state index contributed by atoms with van der Waals surface area (Å²) in [5.41, 5.74) is 1.03. The van der Waals surface area contributed by atoms with E-state index in [1.807, 2.05) is 0 Å². The highest BCUT2D eigenvalue weighted by molar-refractivity contribution is 5.78. The number of halogens is 1. The van der Waals surface area contributed by atoms with Gasteiger partial charge in [0.25, 0.3) is 0 Å². The van der Waals surface area contributed by atoms with Crippen molar-refractivity contribution >= 4 is 5.91 Å². The monoisotopic (exact) mass is 348 g/mol. The SMILES string of the molecule is O=C(Cc1cc(COCc2ccccc2F)on1)NCC1CCOC1. The van der Waals surface area contributed by atoms with Crippen LogP contribution in [-0.2, 0) is 33.9 Å². The molecule has 2 aromatic rings. The lowest BCUT2D eigenvalue weighted by Gasteiger charge is -2.08. The first-order chi connectivity index (χ1) is 12.2. The Labute approximate surface area is 145 Å². The predicted octanol–water partition coefficient (Wildman–Crippen LogP) is 2.23. The second-order valence-electron chi connectivity index (χ2n) is 6.08. The highest BCUT2D eigenvalue weighted by Gasteiger charge is 2.17. The molecule has 7 heteroatoms. The summed E-state index contributed by atoms with van der Waals surface area (Å²) in [5, 5.41) is 6.74. The van der Waals surface area contributed by atoms with Crippen LogP contribution in [0.2, 0.25) is 0 Å². The van der Waals surface area contributed by atoms with Crippen LogP contribution in [0.4, 0.5) is 4.39 Å². The molecule has 6 nitrogen and oxygen atoms in total. The third-order valence-corrected chi connectivity index (χ3v) is 4.02. The van der Waals surface area contributed by atoms with E-state index in [2.05, 4.69) is 10.5 Å². The van der Waals surface area contributed by atoms with Crippen molar-refractivity contribution in [1.82, 2.24) is 10.5 Å². The van der Waals surface area contributed by atoms with Gasteiger partial charge in [-0.3, -0.25) is 4.79 Å². The van der Waals surface area contributed by atoms with E-state index in [1.165, 1.54) is 6.07 Å². The molecule has 134 valence electrons. The summed E-state index contributed by atoms with van der Waals surface area (Å²) in [6.45, 7) is 2.40. The number of rotatable bonds is 8. The van der Waals surface area contributed by atoms with Crippen molar-refractivity contribution in [2.75, 3.05) is 19.8 Å². The Bertz CT molecular complexity index is 698. The maximum absolute atomic E-state index is 13.5. The molecule has 0 saturated carbocycles. The topological polar surface area (TPSA) is 73.6 Å². The van der Waals surface area contributed by atoms with Crippen molar-refractivity contribution in [3.8, 4) is 0 Å². The number of aromatic nitrogens is 1. The number of amides is 1. The molecule has 1 atom stereocenters. The molecule has 25 heavy (non-hydrogen) atoms. The lowest BCUT2D eigenvalue weighted by Crippen LogP contribution is -2.30. The van der Waals surface area contributed by atoms with Crippen LogP contribution in [0, 0.1) is 11.7 Å². The maximum atomic E-state index is 13.5. The molecule has 1 aliphatic heterocycles. The maximum Gasteiger partial charge on any atom is 0.226 e. The Hall–Kier alpha value is -2.25. The van der Waals surface area contributed by atoms with Gasteiger partial charge >= 0.3 is 0 Å². The van der Waals surface area contributed by atoms with Crippen LogP contribution in [0.15, 0.2) is 34.9 Å². The van der Waals surface area contributed by atoms with Gasteiger partial charge in [-0.25, -0.2) is 4.39 Å². The van der Waals surface area contributed by atoms with Gasteiger partial charge in [0.1, 0.15) is 12.4 Å². The fraction of sp³-hybridized carbons (Fsp3) is 0.444. The highest BCUT2D eigenvalue weighted by Crippen LogP contribution is 2.12. The van der Waals surface area contributed by atoms with Crippen LogP contribution in [0.5, 0.6) is 0 Å². The molecule has 1 fully saturated rings. The summed E-state index contributed by atoms with van der Waals surface area (Å²) in [5.74, 6) is 0.496. The number of benzene rings is 1. The summed E-state index contributed by atoms with van der Waals surface area (Å²) in [6.07, 6.45) is 1.14. The summed E-state index contributed by atoms with van der Waals surface area (Å²) in [6, 6.07) is 8.12. The Morgan fingerprint density at radius 2 is 2.24 bits per heavy atom. The third kappa shape index (κ3) is 5.37. The van der Waals surface area contributed by atoms with Crippen molar-refractivity contribution in [2.24, 2.45) is 5.92 Å². The third-order valence-electron chi connectivity index (χ3n) is 4.02. The molecule has 3 rings (SSSR count). The first kappa shape index (κ1) is 17.6. The molecule has 0 bridgehead atoms. The zero-order chi connectivity index (χ0) is 17.5. The molecule has 1 unspecified atom stereocenters. The van der Waals surface area contributed by atoms with E-state index < -0.39 is 0 Å². The highest BCUT2D eigenvalue weighted by atomic mass is 19.1. The van der Waals surface area contributed by atoms with Gasteiger partial charge in [-0.15, -0.1) is 0 Å². The van der Waals surface area contributed by atoms with Crippen molar-refractivity contribution in [3.05, 3.63) is 53.2 Å². The molecule has 1 aromatic heterocycles. The molecule has 2 heterocycles. The minimum atomic E-state index is -0.301. The van der Waals surface area contributed by atoms with Gasteiger partial charge in [0, 0.05) is 30.7 Å². The molecule has 0 radical (unpaired) electrons. The molecule has 0 aliphatic carbocycles. The van der Waals surface area contributed by atoms with Gasteiger partial charge in [-0.05, 0) is 12.5 Å². The van der Waals surface area contributed by atoms with Crippen LogP contribution in [0.1, 0.15) is 23.4 Å². The summed E-state index contributed by atoms with van der Waals surface area (Å²) in [7, 11) is 0. The largest absolute Gasteiger partial charge is 0.381 e.